The fourth-order valence-electron chi connectivity index (χ4n) is 3.39. The van der Waals surface area contributed by atoms with Gasteiger partial charge in [-0.25, -0.2) is 4.79 Å². The van der Waals surface area contributed by atoms with Crippen molar-refractivity contribution in [1.29, 1.82) is 0 Å². The lowest BCUT2D eigenvalue weighted by molar-refractivity contribution is -0.147. The molecule has 1 heterocycles. The number of nitrogens with two attached hydrogens (primary N) is 3. The SMILES string of the molecule is CC(O)C(N)C(=O)NC(CC(=O)O)C(=O)N1CCCC1C(=O)NC(CCCN=C(N)N)C(=O)O. The fraction of sp³-hybridized carbons (Fsp3) is 0.684. The molecule has 15 heteroatoms. The van der Waals surface area contributed by atoms with E-state index < -0.39 is 66.4 Å². The molecular formula is C19H33N7O8. The molecule has 1 rings (SSSR count). The van der Waals surface area contributed by atoms with Crippen molar-refractivity contribution in [1.82, 2.24) is 15.5 Å². The van der Waals surface area contributed by atoms with E-state index in [4.69, 9.17) is 22.3 Å². The minimum Gasteiger partial charge on any atom is -0.481 e. The van der Waals surface area contributed by atoms with Crippen LogP contribution in [0.2, 0.25) is 0 Å². The average Bonchev–Trinajstić information content (AvgIpc) is 3.23. The van der Waals surface area contributed by atoms with Crippen molar-refractivity contribution >= 4 is 35.6 Å². The van der Waals surface area contributed by atoms with E-state index in [-0.39, 0.29) is 38.3 Å². The number of guanidine groups is 1. The molecule has 0 spiro atoms. The number of aliphatic imine (C=N–C) groups is 1. The van der Waals surface area contributed by atoms with Crippen LogP contribution in [0.4, 0.5) is 0 Å². The van der Waals surface area contributed by atoms with Crippen LogP contribution in [0.1, 0.15) is 39.0 Å². The molecule has 1 aliphatic rings. The molecule has 5 atom stereocenters. The molecule has 0 radical (unpaired) electrons. The number of hydrogen-bond donors (Lipinski definition) is 8. The number of rotatable bonds is 13. The molecule has 1 aliphatic heterocycles. The van der Waals surface area contributed by atoms with Gasteiger partial charge >= 0.3 is 11.9 Å². The van der Waals surface area contributed by atoms with Crippen LogP contribution in [0.15, 0.2) is 4.99 Å². The number of likely N-dealkylation sites (tertiary alicyclic amines) is 1. The smallest absolute Gasteiger partial charge is 0.326 e. The molecule has 1 saturated heterocycles. The first-order chi connectivity index (χ1) is 15.8. The van der Waals surface area contributed by atoms with E-state index in [0.29, 0.717) is 6.42 Å². The Bertz CT molecular complexity index is 800. The average molecular weight is 488 g/mol. The number of aliphatic carboxylic acids is 2. The third kappa shape index (κ3) is 8.82. The molecule has 11 N–H and O–H groups in total. The summed E-state index contributed by atoms with van der Waals surface area (Å²) in [5.74, 6) is -5.28. The summed E-state index contributed by atoms with van der Waals surface area (Å²) in [6, 6.07) is -5.22. The number of carbonyl (C=O) groups is 5. The van der Waals surface area contributed by atoms with Crippen LogP contribution in [0.5, 0.6) is 0 Å². The summed E-state index contributed by atoms with van der Waals surface area (Å²) < 4.78 is 0. The van der Waals surface area contributed by atoms with E-state index in [1.54, 1.807) is 0 Å². The second-order valence-corrected chi connectivity index (χ2v) is 7.96. The number of nitrogens with one attached hydrogen (secondary N) is 2. The van der Waals surface area contributed by atoms with Crippen LogP contribution >= 0.6 is 0 Å². The van der Waals surface area contributed by atoms with Gasteiger partial charge in [-0.3, -0.25) is 24.2 Å². The third-order valence-corrected chi connectivity index (χ3v) is 5.21. The Balaban J connectivity index is 2.91. The van der Waals surface area contributed by atoms with E-state index in [0.717, 1.165) is 4.90 Å². The maximum Gasteiger partial charge on any atom is 0.326 e. The lowest BCUT2D eigenvalue weighted by Gasteiger charge is -2.29. The second kappa shape index (κ2) is 13.3. The predicted molar refractivity (Wildman–Crippen MR) is 118 cm³/mol. The second-order valence-electron chi connectivity index (χ2n) is 7.96. The fourth-order valence-corrected chi connectivity index (χ4v) is 3.39. The molecule has 3 amide bonds. The van der Waals surface area contributed by atoms with Crippen LogP contribution in [-0.4, -0.2) is 99.2 Å². The molecule has 0 aliphatic carbocycles. The van der Waals surface area contributed by atoms with Gasteiger partial charge in [0.2, 0.25) is 17.7 Å². The maximum atomic E-state index is 13.0. The standard InChI is InChI=1S/C19H33N7O8/c1-9(27)14(20)16(31)25-11(8-13(28)29)17(32)26-7-3-5-12(26)15(30)24-10(18(33)34)4-2-6-23-19(21)22/h9-12,14,27H,2-8,20H2,1H3,(H,24,30)(H,25,31)(H,28,29)(H,33,34)(H4,21,22,23). The van der Waals surface area contributed by atoms with Crippen molar-refractivity contribution < 1.29 is 39.3 Å². The van der Waals surface area contributed by atoms with Gasteiger partial charge < -0.3 is 48.1 Å². The van der Waals surface area contributed by atoms with Gasteiger partial charge in [-0.05, 0) is 32.6 Å². The van der Waals surface area contributed by atoms with Crippen LogP contribution < -0.4 is 27.8 Å². The number of nitrogens with zero attached hydrogens (tertiary/aromatic N) is 2. The molecule has 0 aromatic carbocycles. The van der Waals surface area contributed by atoms with Gasteiger partial charge in [-0.1, -0.05) is 0 Å². The largest absolute Gasteiger partial charge is 0.481 e. The highest BCUT2D eigenvalue weighted by Crippen LogP contribution is 2.20. The summed E-state index contributed by atoms with van der Waals surface area (Å²) >= 11 is 0. The molecule has 0 aromatic rings. The number of carbonyl (C=O) groups excluding carboxylic acids is 3. The van der Waals surface area contributed by atoms with Gasteiger partial charge in [0, 0.05) is 13.1 Å². The third-order valence-electron chi connectivity index (χ3n) is 5.21. The van der Waals surface area contributed by atoms with Gasteiger partial charge in [0.1, 0.15) is 24.2 Å². The van der Waals surface area contributed by atoms with Crippen molar-refractivity contribution in [2.24, 2.45) is 22.2 Å². The van der Waals surface area contributed by atoms with Gasteiger partial charge in [0.25, 0.3) is 0 Å². The summed E-state index contributed by atoms with van der Waals surface area (Å²) in [5, 5.41) is 32.6. The normalized spacial score (nSPS) is 18.8. The Labute approximate surface area is 195 Å². The molecule has 0 saturated carbocycles. The number of carboxylic acid groups (broad SMARTS) is 2. The van der Waals surface area contributed by atoms with E-state index in [9.17, 15) is 34.2 Å². The number of hydrogen-bond acceptors (Lipinski definition) is 8. The van der Waals surface area contributed by atoms with Crippen molar-refractivity contribution in [2.75, 3.05) is 13.1 Å². The Hall–Kier alpha value is -3.46. The minimum absolute atomic E-state index is 0.0352. The molecular weight excluding hydrogens is 454 g/mol. The zero-order chi connectivity index (χ0) is 26.0. The number of aliphatic hydroxyl groups excluding tert-OH is 1. The summed E-state index contributed by atoms with van der Waals surface area (Å²) in [5.41, 5.74) is 16.0. The molecule has 0 aromatic heterocycles. The first-order valence-corrected chi connectivity index (χ1v) is 10.7. The van der Waals surface area contributed by atoms with Gasteiger partial charge in [-0.2, -0.15) is 0 Å². The van der Waals surface area contributed by atoms with Crippen LogP contribution in [0.3, 0.4) is 0 Å². The zero-order valence-corrected chi connectivity index (χ0v) is 18.8. The highest BCUT2D eigenvalue weighted by Gasteiger charge is 2.39. The van der Waals surface area contributed by atoms with Crippen molar-refractivity contribution in [3.63, 3.8) is 0 Å². The van der Waals surface area contributed by atoms with Crippen LogP contribution in [-0.2, 0) is 24.0 Å². The quantitative estimate of drug-likeness (QED) is 0.0710. The number of aliphatic hydroxyl groups is 1. The lowest BCUT2D eigenvalue weighted by Crippen LogP contribution is -2.58. The van der Waals surface area contributed by atoms with E-state index in [2.05, 4.69) is 15.6 Å². The van der Waals surface area contributed by atoms with Gasteiger partial charge in [0.15, 0.2) is 5.96 Å². The van der Waals surface area contributed by atoms with Gasteiger partial charge in [-0.15, -0.1) is 0 Å². The van der Waals surface area contributed by atoms with Crippen molar-refractivity contribution in [2.45, 2.75) is 69.3 Å². The Morgan fingerprint density at radius 3 is 2.29 bits per heavy atom. The zero-order valence-electron chi connectivity index (χ0n) is 18.8. The molecule has 1 fully saturated rings. The molecule has 0 bridgehead atoms. The number of amides is 3. The van der Waals surface area contributed by atoms with Crippen molar-refractivity contribution in [3.8, 4) is 0 Å². The number of carboxylic acids is 2. The van der Waals surface area contributed by atoms with E-state index in [1.165, 1.54) is 6.92 Å². The molecule has 5 unspecified atom stereocenters. The van der Waals surface area contributed by atoms with Gasteiger partial charge in [0.05, 0.1) is 12.5 Å². The van der Waals surface area contributed by atoms with Crippen LogP contribution in [0, 0.1) is 0 Å². The maximum absolute atomic E-state index is 13.0. The van der Waals surface area contributed by atoms with Crippen molar-refractivity contribution in [3.05, 3.63) is 0 Å². The molecule has 34 heavy (non-hydrogen) atoms. The Kier molecular flexibility index (Phi) is 11.2. The monoisotopic (exact) mass is 487 g/mol. The Morgan fingerprint density at radius 2 is 1.76 bits per heavy atom. The summed E-state index contributed by atoms with van der Waals surface area (Å²) in [6.07, 6.45) is -1.08. The first-order valence-electron chi connectivity index (χ1n) is 10.7. The lowest BCUT2D eigenvalue weighted by atomic mass is 10.1. The highest BCUT2D eigenvalue weighted by molar-refractivity contribution is 5.96. The summed E-state index contributed by atoms with van der Waals surface area (Å²) in [6.45, 7) is 1.53. The summed E-state index contributed by atoms with van der Waals surface area (Å²) in [4.78, 5) is 65.6. The minimum atomic E-state index is -1.53. The Morgan fingerprint density at radius 1 is 1.12 bits per heavy atom. The van der Waals surface area contributed by atoms with E-state index in [1.807, 2.05) is 0 Å². The molecule has 15 nitrogen and oxygen atoms in total. The van der Waals surface area contributed by atoms with E-state index >= 15 is 0 Å². The summed E-state index contributed by atoms with van der Waals surface area (Å²) in [7, 11) is 0. The highest BCUT2D eigenvalue weighted by atomic mass is 16.4. The molecule has 192 valence electrons. The topological polar surface area (TPSA) is 264 Å². The van der Waals surface area contributed by atoms with Crippen LogP contribution in [0.25, 0.3) is 0 Å². The first kappa shape index (κ1) is 28.6. The predicted octanol–water partition coefficient (Wildman–Crippen LogP) is -3.73.